The number of carbonyl (C=O) groups excluding carboxylic acids is 9. The average molecular weight is 828 g/mol. The molecule has 0 aromatic rings. The van der Waals surface area contributed by atoms with Gasteiger partial charge in [-0.25, -0.2) is 0 Å². The molecule has 0 aliphatic carbocycles. The summed E-state index contributed by atoms with van der Waals surface area (Å²) in [6.45, 7) is 12.3. The third kappa shape index (κ3) is 25.4. The molecule has 0 fully saturated rings. The number of amides is 6. The first-order chi connectivity index (χ1) is 27.1. The number of carbonyl (C=O) groups is 9. The fraction of sp³-hybridized carbons (Fsp3) is 0.769. The van der Waals surface area contributed by atoms with Gasteiger partial charge in [0.05, 0.1) is 27.8 Å². The Morgan fingerprint density at radius 3 is 1.12 bits per heavy atom. The number of nitrogens with two attached hydrogens (primary N) is 1. The van der Waals surface area contributed by atoms with Crippen molar-refractivity contribution in [3.63, 3.8) is 0 Å². The molecule has 0 saturated heterocycles. The van der Waals surface area contributed by atoms with E-state index in [2.05, 4.69) is 41.4 Å². The first-order valence-electron chi connectivity index (χ1n) is 19.8. The highest BCUT2D eigenvalue weighted by Gasteiger charge is 2.27. The summed E-state index contributed by atoms with van der Waals surface area (Å²) in [4.78, 5) is 112. The van der Waals surface area contributed by atoms with Crippen LogP contribution in [0.1, 0.15) is 119 Å². The molecule has 19 heteroatoms. The fourth-order valence-corrected chi connectivity index (χ4v) is 5.78. The van der Waals surface area contributed by atoms with E-state index in [0.717, 1.165) is 0 Å². The molecular formula is C39H69N7O12. The maximum absolute atomic E-state index is 13.3. The smallest absolute Gasteiger partial charge is 0.307 e. The van der Waals surface area contributed by atoms with E-state index in [-0.39, 0.29) is 94.4 Å². The van der Waals surface area contributed by atoms with Crippen LogP contribution in [0.4, 0.5) is 0 Å². The number of methoxy groups -OCH3 is 3. The van der Waals surface area contributed by atoms with E-state index in [1.54, 1.807) is 20.8 Å². The van der Waals surface area contributed by atoms with Crippen molar-refractivity contribution >= 4 is 53.4 Å². The summed E-state index contributed by atoms with van der Waals surface area (Å²) in [5.74, 6) is -4.30. The second-order valence-corrected chi connectivity index (χ2v) is 15.5. The quantitative estimate of drug-likeness (QED) is 0.0416. The van der Waals surface area contributed by atoms with Crippen LogP contribution in [0.15, 0.2) is 0 Å². The molecule has 19 nitrogen and oxygen atoms in total. The summed E-state index contributed by atoms with van der Waals surface area (Å²) >= 11 is 0. The van der Waals surface area contributed by atoms with Gasteiger partial charge in [0, 0.05) is 93.7 Å². The summed E-state index contributed by atoms with van der Waals surface area (Å²) in [5, 5.41) is 16.7. The fourth-order valence-electron chi connectivity index (χ4n) is 5.78. The van der Waals surface area contributed by atoms with Crippen molar-refractivity contribution in [3.8, 4) is 0 Å². The lowest BCUT2D eigenvalue weighted by Crippen LogP contribution is -2.48. The molecule has 332 valence electrons. The van der Waals surface area contributed by atoms with Gasteiger partial charge in [-0.3, -0.25) is 43.2 Å². The molecule has 0 heterocycles. The molecule has 7 atom stereocenters. The van der Waals surface area contributed by atoms with E-state index >= 15 is 0 Å². The first kappa shape index (κ1) is 53.2. The largest absolute Gasteiger partial charge is 0.469 e. The van der Waals surface area contributed by atoms with E-state index in [4.69, 9.17) is 10.5 Å². The van der Waals surface area contributed by atoms with Crippen molar-refractivity contribution in [2.24, 2.45) is 17.6 Å². The third-order valence-electron chi connectivity index (χ3n) is 9.07. The van der Waals surface area contributed by atoms with Crippen LogP contribution in [0.3, 0.4) is 0 Å². The summed E-state index contributed by atoms with van der Waals surface area (Å²) in [5.41, 5.74) is 5.73. The van der Waals surface area contributed by atoms with Gasteiger partial charge in [0.15, 0.2) is 0 Å². The maximum Gasteiger partial charge on any atom is 0.307 e. The minimum absolute atomic E-state index is 0.0175. The summed E-state index contributed by atoms with van der Waals surface area (Å²) in [6, 6.07) is -4.07. The molecular weight excluding hydrogens is 758 g/mol. The van der Waals surface area contributed by atoms with Gasteiger partial charge in [0.1, 0.15) is 0 Å². The number of nitrogens with one attached hydrogen (secondary N) is 6. The predicted octanol–water partition coefficient (Wildman–Crippen LogP) is 0.404. The number of hydrogen-bond acceptors (Lipinski definition) is 13. The lowest BCUT2D eigenvalue weighted by molar-refractivity contribution is -0.143. The normalized spacial score (nSPS) is 14.6. The van der Waals surface area contributed by atoms with Crippen LogP contribution in [0.2, 0.25) is 0 Å². The van der Waals surface area contributed by atoms with Crippen molar-refractivity contribution in [2.45, 2.75) is 161 Å². The van der Waals surface area contributed by atoms with E-state index < -0.39 is 83.7 Å². The zero-order valence-electron chi connectivity index (χ0n) is 36.0. The zero-order chi connectivity index (χ0) is 44.5. The van der Waals surface area contributed by atoms with Crippen LogP contribution in [0, 0.1) is 11.8 Å². The van der Waals surface area contributed by atoms with Crippen LogP contribution < -0.4 is 37.6 Å². The molecule has 0 rings (SSSR count). The Balaban J connectivity index is 5.26. The van der Waals surface area contributed by atoms with Crippen LogP contribution in [-0.2, 0) is 57.4 Å². The van der Waals surface area contributed by atoms with Crippen LogP contribution in [0.25, 0.3) is 0 Å². The molecule has 0 aromatic heterocycles. The number of rotatable bonds is 28. The van der Waals surface area contributed by atoms with Crippen LogP contribution in [0.5, 0.6) is 0 Å². The highest BCUT2D eigenvalue weighted by Crippen LogP contribution is 2.12. The predicted molar refractivity (Wildman–Crippen MR) is 213 cm³/mol. The van der Waals surface area contributed by atoms with E-state index in [9.17, 15) is 43.2 Å². The van der Waals surface area contributed by atoms with Crippen molar-refractivity contribution in [1.29, 1.82) is 0 Å². The Morgan fingerprint density at radius 2 is 0.741 bits per heavy atom. The van der Waals surface area contributed by atoms with E-state index in [0.29, 0.717) is 0 Å². The van der Waals surface area contributed by atoms with E-state index in [1.165, 1.54) is 21.3 Å². The van der Waals surface area contributed by atoms with Gasteiger partial charge in [-0.15, -0.1) is 0 Å². The number of esters is 3. The monoisotopic (exact) mass is 828 g/mol. The molecule has 0 aromatic carbocycles. The third-order valence-corrected chi connectivity index (χ3v) is 9.07. The molecule has 0 aliphatic heterocycles. The standard InChI is InChI=1S/C39H69N7O12/c1-22(2)29(46-34(50)18-27(11-13-37(53)56-8)43-36(52)21-30(23(3)4)45-31(47)15-24(5)40)20-35(51)42-25(6)16-32(48)41-26(7)17-33(49)44-28(19-39(55)58-10)12-14-38(54)57-9/h22-30H,11-21,40H2,1-10H3,(H,41,48)(H,42,51)(H,43,52)(H,44,49)(H,45,47)(H,46,50)/t24-,25-,26-,27-,28-,29+,30+/m0/s1. The molecule has 0 radical (unpaired) electrons. The van der Waals surface area contributed by atoms with Crippen molar-refractivity contribution < 1.29 is 57.4 Å². The van der Waals surface area contributed by atoms with Gasteiger partial charge in [0.25, 0.3) is 0 Å². The topological polar surface area (TPSA) is 280 Å². The second kappa shape index (κ2) is 28.6. The van der Waals surface area contributed by atoms with E-state index in [1.807, 2.05) is 27.7 Å². The molecule has 0 spiro atoms. The van der Waals surface area contributed by atoms with Gasteiger partial charge >= 0.3 is 17.9 Å². The lowest BCUT2D eigenvalue weighted by Gasteiger charge is -2.26. The molecule has 0 unspecified atom stereocenters. The van der Waals surface area contributed by atoms with Gasteiger partial charge in [-0.1, -0.05) is 27.7 Å². The number of hydrogen-bond donors (Lipinski definition) is 7. The first-order valence-corrected chi connectivity index (χ1v) is 19.8. The molecule has 6 amide bonds. The molecule has 0 bridgehead atoms. The summed E-state index contributed by atoms with van der Waals surface area (Å²) in [6.07, 6.45) is -0.432. The average Bonchev–Trinajstić information content (AvgIpc) is 3.10. The molecule has 8 N–H and O–H groups in total. The van der Waals surface area contributed by atoms with Crippen LogP contribution in [-0.4, -0.2) is 117 Å². The highest BCUT2D eigenvalue weighted by molar-refractivity contribution is 5.84. The van der Waals surface area contributed by atoms with Gasteiger partial charge in [-0.2, -0.15) is 0 Å². The van der Waals surface area contributed by atoms with Gasteiger partial charge in [-0.05, 0) is 45.4 Å². The minimum atomic E-state index is -0.749. The molecule has 0 saturated carbocycles. The SMILES string of the molecule is COC(=O)CC[C@@H](CC(=O)N[C@H](CC(=O)N[C@@H](C)CC(=O)N[C@@H](C)CC(=O)N[C@@H](CCC(=O)OC)CC(=O)OC)C(C)C)NC(=O)C[C@@H](NC(=O)C[C@H](C)N)C(C)C. The zero-order valence-corrected chi connectivity index (χ0v) is 36.0. The van der Waals surface area contributed by atoms with Gasteiger partial charge in [0.2, 0.25) is 35.4 Å². The second-order valence-electron chi connectivity index (χ2n) is 15.5. The molecule has 0 aliphatic rings. The Labute approximate surface area is 342 Å². The van der Waals surface area contributed by atoms with Gasteiger partial charge < -0.3 is 51.8 Å². The van der Waals surface area contributed by atoms with Crippen molar-refractivity contribution in [2.75, 3.05) is 21.3 Å². The Morgan fingerprint density at radius 1 is 0.414 bits per heavy atom. The summed E-state index contributed by atoms with van der Waals surface area (Å²) in [7, 11) is 3.68. The van der Waals surface area contributed by atoms with Crippen molar-refractivity contribution in [1.82, 2.24) is 31.9 Å². The lowest BCUT2D eigenvalue weighted by atomic mass is 9.98. The summed E-state index contributed by atoms with van der Waals surface area (Å²) < 4.78 is 14.0. The highest BCUT2D eigenvalue weighted by atomic mass is 16.5. The maximum atomic E-state index is 13.3. The Hall–Kier alpha value is -4.81. The Kier molecular flexibility index (Phi) is 26.2. The molecule has 58 heavy (non-hydrogen) atoms. The Bertz CT molecular complexity index is 1370. The minimum Gasteiger partial charge on any atom is -0.469 e. The number of ether oxygens (including phenoxy) is 3. The van der Waals surface area contributed by atoms with Crippen LogP contribution >= 0.6 is 0 Å². The van der Waals surface area contributed by atoms with Crippen molar-refractivity contribution in [3.05, 3.63) is 0 Å².